The van der Waals surface area contributed by atoms with Gasteiger partial charge in [-0.2, -0.15) is 10.2 Å². The molecule has 4 aliphatic rings. The van der Waals surface area contributed by atoms with Crippen LogP contribution in [0.5, 0.6) is 5.75 Å². The molecule has 0 unspecified atom stereocenters. The number of halogens is 1. The largest absolute Gasteiger partial charge is 0.493 e. The molecule has 0 saturated carbocycles. The Bertz CT molecular complexity index is 1490. The number of amidine groups is 1. The van der Waals surface area contributed by atoms with E-state index in [0.717, 1.165) is 72.4 Å². The molecule has 2 N–H and O–H groups in total. The van der Waals surface area contributed by atoms with Gasteiger partial charge in [-0.1, -0.05) is 0 Å². The number of pyridine rings is 1. The number of guanidine groups is 1. The predicted octanol–water partition coefficient (Wildman–Crippen LogP) is 1.23. The maximum Gasteiger partial charge on any atom is 0.206 e. The van der Waals surface area contributed by atoms with Gasteiger partial charge in [0.2, 0.25) is 5.96 Å². The molecule has 0 atom stereocenters. The minimum absolute atomic E-state index is 0.242. The van der Waals surface area contributed by atoms with E-state index in [9.17, 15) is 4.39 Å². The van der Waals surface area contributed by atoms with E-state index in [4.69, 9.17) is 9.73 Å². The minimum atomic E-state index is -0.242. The first-order valence-electron chi connectivity index (χ1n) is 12.9. The lowest BCUT2D eigenvalue weighted by Crippen LogP contribution is -2.45. The number of aromatic nitrogens is 3. The Morgan fingerprint density at radius 3 is 2.92 bits per heavy atom. The van der Waals surface area contributed by atoms with Crippen molar-refractivity contribution in [3.63, 3.8) is 0 Å². The fourth-order valence-electron chi connectivity index (χ4n) is 5.48. The number of hydrogen-bond acceptors (Lipinski definition) is 10. The molecule has 1 aromatic carbocycles. The summed E-state index contributed by atoms with van der Waals surface area (Å²) >= 11 is 0. The second-order valence-corrected chi connectivity index (χ2v) is 9.94. The van der Waals surface area contributed by atoms with E-state index >= 15 is 0 Å². The first-order valence-corrected chi connectivity index (χ1v) is 12.9. The van der Waals surface area contributed by atoms with Crippen LogP contribution >= 0.6 is 0 Å². The maximum absolute atomic E-state index is 14.6. The van der Waals surface area contributed by atoms with Gasteiger partial charge < -0.3 is 15.0 Å². The van der Waals surface area contributed by atoms with Gasteiger partial charge in [0.1, 0.15) is 24.6 Å². The van der Waals surface area contributed by atoms with E-state index in [1.54, 1.807) is 18.6 Å². The third-order valence-electron chi connectivity index (χ3n) is 7.62. The van der Waals surface area contributed by atoms with E-state index in [-0.39, 0.29) is 5.82 Å². The first kappa shape index (κ1) is 23.1. The van der Waals surface area contributed by atoms with Crippen LogP contribution < -0.4 is 15.5 Å². The number of nitrogens with zero attached hydrogens (tertiary/aromatic N) is 8. The Kier molecular flexibility index (Phi) is 5.70. The summed E-state index contributed by atoms with van der Waals surface area (Å²) in [6.45, 7) is 6.36. The fraction of sp³-hybridized carbons (Fsp3) is 0.385. The van der Waals surface area contributed by atoms with Crippen LogP contribution in [-0.4, -0.2) is 87.6 Å². The summed E-state index contributed by atoms with van der Waals surface area (Å²) in [7, 11) is 2.16. The Balaban J connectivity index is 1.16. The number of hydrazone groups is 1. The normalized spacial score (nSPS) is 19.4. The molecule has 0 amide bonds. The zero-order valence-corrected chi connectivity index (χ0v) is 21.2. The summed E-state index contributed by atoms with van der Waals surface area (Å²) in [5, 5.41) is 12.4. The maximum atomic E-state index is 14.6. The Morgan fingerprint density at radius 1 is 1.13 bits per heavy atom. The number of aliphatic imine (C=N–C) groups is 1. The summed E-state index contributed by atoms with van der Waals surface area (Å²) in [6.07, 6.45) is 4.09. The monoisotopic (exact) mass is 516 g/mol. The minimum Gasteiger partial charge on any atom is -0.493 e. The second kappa shape index (κ2) is 9.37. The number of nitrogens with one attached hydrogen (secondary N) is 2. The van der Waals surface area contributed by atoms with Crippen molar-refractivity contribution in [3.8, 4) is 5.75 Å². The smallest absolute Gasteiger partial charge is 0.206 e. The van der Waals surface area contributed by atoms with E-state index in [0.29, 0.717) is 37.8 Å². The summed E-state index contributed by atoms with van der Waals surface area (Å²) < 4.78 is 22.2. The third kappa shape index (κ3) is 3.96. The van der Waals surface area contributed by atoms with Crippen LogP contribution in [-0.2, 0) is 19.5 Å². The van der Waals surface area contributed by atoms with Crippen LogP contribution in [0.15, 0.2) is 46.9 Å². The highest BCUT2D eigenvalue weighted by Gasteiger charge is 2.31. The van der Waals surface area contributed by atoms with Crippen molar-refractivity contribution in [2.45, 2.75) is 19.5 Å². The molecule has 38 heavy (non-hydrogen) atoms. The number of ether oxygens (including phenoxy) is 1. The van der Waals surface area contributed by atoms with Gasteiger partial charge in [-0.05, 0) is 31.3 Å². The molecule has 4 aliphatic heterocycles. The third-order valence-corrected chi connectivity index (χ3v) is 7.62. The van der Waals surface area contributed by atoms with Crippen LogP contribution in [0, 0.1) is 5.82 Å². The number of rotatable bonds is 5. The molecule has 196 valence electrons. The summed E-state index contributed by atoms with van der Waals surface area (Å²) in [5.74, 6) is 1.86. The van der Waals surface area contributed by atoms with Crippen molar-refractivity contribution < 1.29 is 9.13 Å². The summed E-state index contributed by atoms with van der Waals surface area (Å²) in [4.78, 5) is 16.0. The first-order chi connectivity index (χ1) is 18.7. The molecule has 3 aromatic rings. The molecule has 7 rings (SSSR count). The molecule has 6 heterocycles. The van der Waals surface area contributed by atoms with Crippen LogP contribution in [0.1, 0.15) is 22.4 Å². The molecular formula is C26H29FN10O. The molecule has 0 radical (unpaired) electrons. The number of piperazine rings is 1. The SMILES string of the molecule is CN1CCN(Cc2ccc(C3=CN=C(NCc4c(F)ccc5c4CCO5)N4CNN=C34)c3ncnn23)CC1. The van der Waals surface area contributed by atoms with Crippen LogP contribution in [0.25, 0.3) is 11.2 Å². The number of benzene rings is 1. The average molecular weight is 517 g/mol. The van der Waals surface area contributed by atoms with Crippen molar-refractivity contribution in [2.75, 3.05) is 46.5 Å². The van der Waals surface area contributed by atoms with Gasteiger partial charge >= 0.3 is 0 Å². The molecule has 11 nitrogen and oxygen atoms in total. The van der Waals surface area contributed by atoms with Gasteiger partial charge in [0.15, 0.2) is 11.5 Å². The van der Waals surface area contributed by atoms with Gasteiger partial charge in [0.05, 0.1) is 12.3 Å². The molecule has 12 heteroatoms. The zero-order valence-electron chi connectivity index (χ0n) is 21.2. The highest BCUT2D eigenvalue weighted by molar-refractivity contribution is 6.29. The lowest BCUT2D eigenvalue weighted by Gasteiger charge is -2.32. The van der Waals surface area contributed by atoms with Crippen LogP contribution in [0.4, 0.5) is 4.39 Å². The standard InChI is InChI=1S/C26H29FN10O/c1-34-7-9-35(10-8-34)14-17-2-3-19(24-30-15-32-37(17)24)21-13-29-26(36-16-31-33-25(21)36)28-12-20-18-6-11-38-23(18)5-4-22(20)27/h2-5,13,15,31H,6-12,14,16H2,1H3,(H,28,29). The lowest BCUT2D eigenvalue weighted by atomic mass is 10.0. The summed E-state index contributed by atoms with van der Waals surface area (Å²) in [6, 6.07) is 7.35. The van der Waals surface area contributed by atoms with Crippen LogP contribution in [0.3, 0.4) is 0 Å². The molecule has 0 spiro atoms. The van der Waals surface area contributed by atoms with Gasteiger partial charge in [0, 0.05) is 74.2 Å². The van der Waals surface area contributed by atoms with Gasteiger partial charge in [-0.25, -0.2) is 18.9 Å². The van der Waals surface area contributed by atoms with E-state index < -0.39 is 0 Å². The Labute approximate surface area is 219 Å². The zero-order chi connectivity index (χ0) is 25.6. The fourth-order valence-corrected chi connectivity index (χ4v) is 5.48. The van der Waals surface area contributed by atoms with Crippen molar-refractivity contribution in [1.29, 1.82) is 0 Å². The van der Waals surface area contributed by atoms with Gasteiger partial charge in [-0.3, -0.25) is 15.2 Å². The quantitative estimate of drug-likeness (QED) is 0.523. The second-order valence-electron chi connectivity index (χ2n) is 9.94. The average Bonchev–Trinajstić information content (AvgIpc) is 3.70. The molecule has 0 aliphatic carbocycles. The van der Waals surface area contributed by atoms with E-state index in [1.165, 1.54) is 6.07 Å². The molecule has 1 fully saturated rings. The van der Waals surface area contributed by atoms with Gasteiger partial charge in [-0.15, -0.1) is 0 Å². The highest BCUT2D eigenvalue weighted by Crippen LogP contribution is 2.31. The summed E-state index contributed by atoms with van der Waals surface area (Å²) in [5.41, 5.74) is 8.22. The van der Waals surface area contributed by atoms with Crippen molar-refractivity contribution in [1.82, 2.24) is 40.0 Å². The predicted molar refractivity (Wildman–Crippen MR) is 141 cm³/mol. The molecular weight excluding hydrogens is 487 g/mol. The van der Waals surface area contributed by atoms with Crippen molar-refractivity contribution in [3.05, 3.63) is 65.0 Å². The topological polar surface area (TPSA) is 97.9 Å². The van der Waals surface area contributed by atoms with Gasteiger partial charge in [0.25, 0.3) is 0 Å². The highest BCUT2D eigenvalue weighted by atomic mass is 19.1. The Morgan fingerprint density at radius 2 is 2.03 bits per heavy atom. The van der Waals surface area contributed by atoms with E-state index in [1.807, 2.05) is 9.42 Å². The van der Waals surface area contributed by atoms with Crippen molar-refractivity contribution >= 4 is 23.0 Å². The number of hydrogen-bond donors (Lipinski definition) is 2. The molecule has 2 aromatic heterocycles. The number of likely N-dealkylation sites (N-methyl/N-ethyl adjacent to an activating group) is 1. The lowest BCUT2D eigenvalue weighted by molar-refractivity contribution is 0.146. The van der Waals surface area contributed by atoms with E-state index in [2.05, 4.69) is 54.9 Å². The van der Waals surface area contributed by atoms with Crippen molar-refractivity contribution in [2.24, 2.45) is 10.1 Å². The molecule has 1 saturated heterocycles. The molecule has 0 bridgehead atoms. The number of fused-ring (bicyclic) bond motifs is 3. The Hall–Kier alpha value is -4.03. The van der Waals surface area contributed by atoms with Crippen LogP contribution in [0.2, 0.25) is 0 Å².